The van der Waals surface area contributed by atoms with E-state index in [1.807, 2.05) is 6.92 Å². The quantitative estimate of drug-likeness (QED) is 0.811. The van der Waals surface area contributed by atoms with E-state index < -0.39 is 35.1 Å². The van der Waals surface area contributed by atoms with E-state index in [4.69, 9.17) is 11.6 Å². The Balaban J connectivity index is 2.20. The number of carbonyl (C=O) groups excluding carboxylic acids is 2. The van der Waals surface area contributed by atoms with Gasteiger partial charge in [0.05, 0.1) is 10.7 Å². The van der Waals surface area contributed by atoms with Crippen molar-refractivity contribution in [3.63, 3.8) is 0 Å². The highest BCUT2D eigenvalue weighted by atomic mass is 35.5. The Morgan fingerprint density at radius 2 is 1.69 bits per heavy atom. The van der Waals surface area contributed by atoms with Crippen LogP contribution in [0, 0.1) is 24.5 Å². The van der Waals surface area contributed by atoms with Crippen molar-refractivity contribution >= 4 is 29.1 Å². The first-order valence-corrected chi connectivity index (χ1v) is 8.40. The fourth-order valence-corrected chi connectivity index (χ4v) is 2.68. The van der Waals surface area contributed by atoms with Crippen LogP contribution in [0.15, 0.2) is 36.4 Å². The van der Waals surface area contributed by atoms with Gasteiger partial charge in [0.1, 0.15) is 23.2 Å². The number of anilines is 1. The van der Waals surface area contributed by atoms with E-state index in [0.29, 0.717) is 10.7 Å². The summed E-state index contributed by atoms with van der Waals surface area (Å²) in [5, 5.41) is 5.38. The Morgan fingerprint density at radius 3 is 2.23 bits per heavy atom. The molecule has 0 saturated carbocycles. The lowest BCUT2D eigenvalue weighted by Crippen LogP contribution is -2.47. The highest BCUT2D eigenvalue weighted by molar-refractivity contribution is 6.33. The van der Waals surface area contributed by atoms with E-state index in [2.05, 4.69) is 10.6 Å². The number of halogens is 3. The first-order valence-electron chi connectivity index (χ1n) is 8.02. The van der Waals surface area contributed by atoms with Gasteiger partial charge in [0.2, 0.25) is 5.91 Å². The van der Waals surface area contributed by atoms with E-state index in [0.717, 1.165) is 23.8 Å². The number of carbonyl (C=O) groups is 2. The summed E-state index contributed by atoms with van der Waals surface area (Å²) in [4.78, 5) is 24.8. The second-order valence-corrected chi connectivity index (χ2v) is 6.67. The lowest BCUT2D eigenvalue weighted by molar-refractivity contribution is -0.118. The summed E-state index contributed by atoms with van der Waals surface area (Å²) in [7, 11) is 0. The summed E-state index contributed by atoms with van der Waals surface area (Å²) in [6, 6.07) is 7.23. The van der Waals surface area contributed by atoms with Crippen molar-refractivity contribution in [2.45, 2.75) is 26.8 Å². The summed E-state index contributed by atoms with van der Waals surface area (Å²) >= 11 is 6.10. The molecule has 2 rings (SSSR count). The van der Waals surface area contributed by atoms with E-state index >= 15 is 0 Å². The Bertz CT molecular complexity index is 820. The summed E-state index contributed by atoms with van der Waals surface area (Å²) in [6.45, 7) is 5.27. The summed E-state index contributed by atoms with van der Waals surface area (Å²) in [6.07, 6.45) is 0. The van der Waals surface area contributed by atoms with Gasteiger partial charge in [0.25, 0.3) is 5.91 Å². The van der Waals surface area contributed by atoms with Crippen LogP contribution in [0.2, 0.25) is 5.02 Å². The Kier molecular flexibility index (Phi) is 6.32. The molecule has 0 aliphatic carbocycles. The molecule has 0 saturated heterocycles. The lowest BCUT2D eigenvalue weighted by atomic mass is 10.0. The number of aryl methyl sites for hydroxylation is 1. The first kappa shape index (κ1) is 19.8. The third-order valence-electron chi connectivity index (χ3n) is 3.81. The molecule has 4 nitrogen and oxygen atoms in total. The fraction of sp³-hybridized carbons (Fsp3) is 0.263. The van der Waals surface area contributed by atoms with Gasteiger partial charge in [-0.15, -0.1) is 0 Å². The molecular weight excluding hydrogens is 362 g/mol. The molecule has 2 aromatic rings. The van der Waals surface area contributed by atoms with Crippen molar-refractivity contribution in [1.29, 1.82) is 0 Å². The third-order valence-corrected chi connectivity index (χ3v) is 4.12. The minimum atomic E-state index is -1.00. The molecule has 2 N–H and O–H groups in total. The van der Waals surface area contributed by atoms with Crippen LogP contribution in [0.5, 0.6) is 0 Å². The minimum absolute atomic E-state index is 0.321. The van der Waals surface area contributed by atoms with Gasteiger partial charge in [-0.25, -0.2) is 8.78 Å². The molecule has 1 unspecified atom stereocenters. The van der Waals surface area contributed by atoms with Crippen LogP contribution in [-0.4, -0.2) is 17.9 Å². The van der Waals surface area contributed by atoms with Gasteiger partial charge in [0.15, 0.2) is 0 Å². The number of nitrogens with one attached hydrogen (secondary N) is 2. The molecule has 0 heterocycles. The first-order chi connectivity index (χ1) is 12.2. The van der Waals surface area contributed by atoms with E-state index in [-0.39, 0.29) is 5.92 Å². The molecule has 0 fully saturated rings. The van der Waals surface area contributed by atoms with Crippen LogP contribution in [0.3, 0.4) is 0 Å². The zero-order chi connectivity index (χ0) is 19.4. The van der Waals surface area contributed by atoms with Gasteiger partial charge < -0.3 is 10.6 Å². The Labute approximate surface area is 155 Å². The standard InChI is InChI=1S/C19H19ClF2N2O2/c1-10(2)17(19(26)23-15-8-7-11(3)9-12(15)20)24-18(25)16-13(21)5-4-6-14(16)22/h4-10,17H,1-3H3,(H,23,26)(H,24,25). The molecular formula is C19H19ClF2N2O2. The molecule has 2 amide bonds. The highest BCUT2D eigenvalue weighted by Crippen LogP contribution is 2.23. The Hall–Kier alpha value is -2.47. The van der Waals surface area contributed by atoms with Crippen LogP contribution in [0.1, 0.15) is 29.8 Å². The smallest absolute Gasteiger partial charge is 0.257 e. The average molecular weight is 381 g/mol. The van der Waals surface area contributed by atoms with Gasteiger partial charge in [-0.2, -0.15) is 0 Å². The van der Waals surface area contributed by atoms with Crippen molar-refractivity contribution in [2.24, 2.45) is 5.92 Å². The van der Waals surface area contributed by atoms with Crippen LogP contribution < -0.4 is 10.6 Å². The molecule has 138 valence electrons. The molecule has 1 atom stereocenters. The van der Waals surface area contributed by atoms with Crippen LogP contribution in [0.25, 0.3) is 0 Å². The zero-order valence-corrected chi connectivity index (χ0v) is 15.3. The minimum Gasteiger partial charge on any atom is -0.340 e. The SMILES string of the molecule is Cc1ccc(NC(=O)C(NC(=O)c2c(F)cccc2F)C(C)C)c(Cl)c1. The van der Waals surface area contributed by atoms with Gasteiger partial charge in [-0.3, -0.25) is 9.59 Å². The molecule has 0 bridgehead atoms. The maximum absolute atomic E-state index is 13.8. The third kappa shape index (κ3) is 4.58. The van der Waals surface area contributed by atoms with E-state index in [1.165, 1.54) is 0 Å². The fourth-order valence-electron chi connectivity index (χ4n) is 2.40. The maximum atomic E-state index is 13.8. The van der Waals surface area contributed by atoms with Crippen molar-refractivity contribution in [2.75, 3.05) is 5.32 Å². The van der Waals surface area contributed by atoms with Gasteiger partial charge in [-0.05, 0) is 42.7 Å². The normalized spacial score (nSPS) is 12.0. The molecule has 26 heavy (non-hydrogen) atoms. The summed E-state index contributed by atoms with van der Waals surface area (Å²) in [5.41, 5.74) is 0.593. The number of hydrogen-bond donors (Lipinski definition) is 2. The van der Waals surface area contributed by atoms with Gasteiger partial charge >= 0.3 is 0 Å². The molecule has 2 aromatic carbocycles. The van der Waals surface area contributed by atoms with Crippen molar-refractivity contribution in [1.82, 2.24) is 5.32 Å². The zero-order valence-electron chi connectivity index (χ0n) is 14.6. The molecule has 0 aromatic heterocycles. The van der Waals surface area contributed by atoms with Gasteiger partial charge in [0, 0.05) is 0 Å². The largest absolute Gasteiger partial charge is 0.340 e. The molecule has 0 aliphatic rings. The molecule has 7 heteroatoms. The maximum Gasteiger partial charge on any atom is 0.257 e. The number of benzene rings is 2. The molecule has 0 spiro atoms. The van der Waals surface area contributed by atoms with Crippen molar-refractivity contribution < 1.29 is 18.4 Å². The molecule has 0 aliphatic heterocycles. The number of amides is 2. The Morgan fingerprint density at radius 1 is 1.08 bits per heavy atom. The predicted molar refractivity (Wildman–Crippen MR) is 97.3 cm³/mol. The van der Waals surface area contributed by atoms with Crippen LogP contribution in [-0.2, 0) is 4.79 Å². The summed E-state index contributed by atoms with van der Waals surface area (Å²) in [5.74, 6) is -3.84. The number of hydrogen-bond acceptors (Lipinski definition) is 2. The van der Waals surface area contributed by atoms with Crippen molar-refractivity contribution in [3.8, 4) is 0 Å². The van der Waals surface area contributed by atoms with E-state index in [1.54, 1.807) is 32.0 Å². The van der Waals surface area contributed by atoms with Crippen LogP contribution >= 0.6 is 11.6 Å². The van der Waals surface area contributed by atoms with Crippen molar-refractivity contribution in [3.05, 3.63) is 64.2 Å². The molecule has 0 radical (unpaired) electrons. The van der Waals surface area contributed by atoms with E-state index in [9.17, 15) is 18.4 Å². The lowest BCUT2D eigenvalue weighted by Gasteiger charge is -2.22. The number of rotatable bonds is 5. The van der Waals surface area contributed by atoms with Crippen LogP contribution in [0.4, 0.5) is 14.5 Å². The predicted octanol–water partition coefficient (Wildman–Crippen LogP) is 4.32. The monoisotopic (exact) mass is 380 g/mol. The second-order valence-electron chi connectivity index (χ2n) is 6.26. The average Bonchev–Trinajstić information content (AvgIpc) is 2.54. The topological polar surface area (TPSA) is 58.2 Å². The summed E-state index contributed by atoms with van der Waals surface area (Å²) < 4.78 is 27.5. The van der Waals surface area contributed by atoms with Gasteiger partial charge in [-0.1, -0.05) is 37.6 Å². The highest BCUT2D eigenvalue weighted by Gasteiger charge is 2.27. The second kappa shape index (κ2) is 8.27.